The number of benzene rings is 1. The molecule has 0 radical (unpaired) electrons. The molecule has 0 saturated carbocycles. The average molecular weight is 535 g/mol. The van der Waals surface area contributed by atoms with E-state index in [2.05, 4.69) is 30.8 Å². The summed E-state index contributed by atoms with van der Waals surface area (Å²) in [7, 11) is 5.85. The van der Waals surface area contributed by atoms with E-state index in [4.69, 9.17) is 9.47 Å². The van der Waals surface area contributed by atoms with E-state index in [1.807, 2.05) is 69.7 Å². The van der Waals surface area contributed by atoms with Gasteiger partial charge in [0.05, 0.1) is 13.2 Å². The van der Waals surface area contributed by atoms with E-state index in [1.165, 1.54) is 5.69 Å². The van der Waals surface area contributed by atoms with Gasteiger partial charge in [0.25, 0.3) is 0 Å². The number of guanidine groups is 1. The minimum atomic E-state index is 0. The van der Waals surface area contributed by atoms with Gasteiger partial charge in [0.15, 0.2) is 17.5 Å². The van der Waals surface area contributed by atoms with Gasteiger partial charge >= 0.3 is 0 Å². The van der Waals surface area contributed by atoms with Crippen molar-refractivity contribution in [3.05, 3.63) is 72.2 Å². The number of rotatable bonds is 8. The Bertz CT molecular complexity index is 972. The Morgan fingerprint density at radius 1 is 1.13 bits per heavy atom. The molecule has 166 valence electrons. The van der Waals surface area contributed by atoms with Crippen molar-refractivity contribution in [3.8, 4) is 17.4 Å². The number of para-hydroxylation sites is 2. The first-order valence-electron chi connectivity index (χ1n) is 9.97. The van der Waals surface area contributed by atoms with Crippen LogP contribution in [0.2, 0.25) is 0 Å². The van der Waals surface area contributed by atoms with Crippen LogP contribution in [0.3, 0.4) is 0 Å². The molecule has 0 saturated heterocycles. The Balaban J connectivity index is 0.00000341. The van der Waals surface area contributed by atoms with Crippen LogP contribution in [0, 0.1) is 0 Å². The molecule has 0 aliphatic heterocycles. The molecule has 0 aliphatic rings. The highest BCUT2D eigenvalue weighted by molar-refractivity contribution is 14.0. The second kappa shape index (κ2) is 12.2. The molecule has 3 rings (SSSR count). The maximum atomic E-state index is 5.88. The van der Waals surface area contributed by atoms with Gasteiger partial charge in [-0.15, -0.1) is 24.0 Å². The van der Waals surface area contributed by atoms with Gasteiger partial charge in [-0.3, -0.25) is 4.99 Å². The van der Waals surface area contributed by atoms with Crippen LogP contribution in [0.5, 0.6) is 17.4 Å². The van der Waals surface area contributed by atoms with Crippen LogP contribution < -0.4 is 14.8 Å². The predicted molar refractivity (Wildman–Crippen MR) is 134 cm³/mol. The fraction of sp³-hybridized carbons (Fsp3) is 0.304. The van der Waals surface area contributed by atoms with Gasteiger partial charge in [0.1, 0.15) is 0 Å². The van der Waals surface area contributed by atoms with Crippen LogP contribution in [0.1, 0.15) is 18.2 Å². The van der Waals surface area contributed by atoms with Gasteiger partial charge in [-0.05, 0) is 36.8 Å². The summed E-state index contributed by atoms with van der Waals surface area (Å²) in [5, 5.41) is 3.38. The summed E-state index contributed by atoms with van der Waals surface area (Å²) in [6, 6.07) is 15.6. The van der Waals surface area contributed by atoms with Gasteiger partial charge in [-0.1, -0.05) is 18.2 Å². The summed E-state index contributed by atoms with van der Waals surface area (Å²) < 4.78 is 13.6. The van der Waals surface area contributed by atoms with Crippen molar-refractivity contribution in [1.82, 2.24) is 19.8 Å². The fourth-order valence-corrected chi connectivity index (χ4v) is 3.04. The standard InChI is InChI=1S/C23H29N5O2.HI/c1-5-29-20-10-6-7-11-21(20)30-22-13-12-18(15-25-22)16-26-23(24-2)28(4)17-19-9-8-14-27(19)3;/h6-15H,5,16-17H2,1-4H3,(H,24,26);1H. The lowest BCUT2D eigenvalue weighted by molar-refractivity contribution is 0.319. The molecule has 1 N–H and O–H groups in total. The van der Waals surface area contributed by atoms with Gasteiger partial charge < -0.3 is 24.3 Å². The first-order valence-corrected chi connectivity index (χ1v) is 9.97. The van der Waals surface area contributed by atoms with Crippen LogP contribution in [0.25, 0.3) is 0 Å². The number of hydrogen-bond acceptors (Lipinski definition) is 4. The quantitative estimate of drug-likeness (QED) is 0.263. The third-order valence-corrected chi connectivity index (χ3v) is 4.64. The summed E-state index contributed by atoms with van der Waals surface area (Å²) >= 11 is 0. The first-order chi connectivity index (χ1) is 14.6. The van der Waals surface area contributed by atoms with Gasteiger partial charge in [-0.2, -0.15) is 0 Å². The Labute approximate surface area is 201 Å². The molecule has 2 aromatic heterocycles. The minimum Gasteiger partial charge on any atom is -0.490 e. The molecule has 31 heavy (non-hydrogen) atoms. The molecule has 3 aromatic rings. The SMILES string of the molecule is CCOc1ccccc1Oc1ccc(CNC(=NC)N(C)Cc2cccn2C)cn1.I. The summed E-state index contributed by atoms with van der Waals surface area (Å²) in [6.45, 7) is 3.92. The molecule has 7 nitrogen and oxygen atoms in total. The number of nitrogens with one attached hydrogen (secondary N) is 1. The van der Waals surface area contributed by atoms with E-state index in [9.17, 15) is 0 Å². The molecule has 0 aliphatic carbocycles. The zero-order valence-electron chi connectivity index (χ0n) is 18.4. The molecule has 1 aromatic carbocycles. The van der Waals surface area contributed by atoms with E-state index in [0.29, 0.717) is 30.5 Å². The fourth-order valence-electron chi connectivity index (χ4n) is 3.04. The van der Waals surface area contributed by atoms with Crippen molar-refractivity contribution < 1.29 is 9.47 Å². The van der Waals surface area contributed by atoms with Gasteiger partial charge in [0, 0.05) is 51.8 Å². The molecule has 0 fully saturated rings. The molecule has 0 atom stereocenters. The maximum absolute atomic E-state index is 5.88. The predicted octanol–water partition coefficient (Wildman–Crippen LogP) is 4.44. The van der Waals surface area contributed by atoms with E-state index in [1.54, 1.807) is 13.2 Å². The number of aryl methyl sites for hydroxylation is 1. The number of hydrogen-bond donors (Lipinski definition) is 1. The largest absolute Gasteiger partial charge is 0.490 e. The van der Waals surface area contributed by atoms with Crippen LogP contribution >= 0.6 is 24.0 Å². The van der Waals surface area contributed by atoms with E-state index in [0.717, 1.165) is 18.1 Å². The molecular formula is C23H30IN5O2. The lowest BCUT2D eigenvalue weighted by Gasteiger charge is -2.22. The second-order valence-corrected chi connectivity index (χ2v) is 6.85. The number of aromatic nitrogens is 2. The molecule has 0 spiro atoms. The van der Waals surface area contributed by atoms with E-state index >= 15 is 0 Å². The maximum Gasteiger partial charge on any atom is 0.219 e. The summed E-state index contributed by atoms with van der Waals surface area (Å²) in [5.74, 6) is 2.70. The van der Waals surface area contributed by atoms with Gasteiger partial charge in [0.2, 0.25) is 5.88 Å². The lowest BCUT2D eigenvalue weighted by Crippen LogP contribution is -2.38. The Hall–Kier alpha value is -2.75. The van der Waals surface area contributed by atoms with Crippen LogP contribution in [-0.2, 0) is 20.1 Å². The molecule has 0 bridgehead atoms. The number of aliphatic imine (C=N–C) groups is 1. The van der Waals surface area contributed by atoms with Crippen LogP contribution in [0.15, 0.2) is 65.9 Å². The highest BCUT2D eigenvalue weighted by Gasteiger charge is 2.09. The van der Waals surface area contributed by atoms with Crippen LogP contribution in [0.4, 0.5) is 0 Å². The summed E-state index contributed by atoms with van der Waals surface area (Å²) in [6.07, 6.45) is 3.84. The zero-order chi connectivity index (χ0) is 21.3. The third kappa shape index (κ3) is 6.88. The van der Waals surface area contributed by atoms with Crippen molar-refractivity contribution in [3.63, 3.8) is 0 Å². The highest BCUT2D eigenvalue weighted by Crippen LogP contribution is 2.30. The monoisotopic (exact) mass is 535 g/mol. The third-order valence-electron chi connectivity index (χ3n) is 4.64. The van der Waals surface area contributed by atoms with Crippen molar-refractivity contribution in [2.75, 3.05) is 20.7 Å². The summed E-state index contributed by atoms with van der Waals surface area (Å²) in [4.78, 5) is 10.9. The van der Waals surface area contributed by atoms with E-state index < -0.39 is 0 Å². The number of ether oxygens (including phenoxy) is 2. The number of nitrogens with zero attached hydrogens (tertiary/aromatic N) is 4. The number of halogens is 1. The van der Waals surface area contributed by atoms with Crippen LogP contribution in [-0.4, -0.2) is 41.1 Å². The first kappa shape index (κ1) is 24.5. The summed E-state index contributed by atoms with van der Waals surface area (Å²) in [5.41, 5.74) is 2.25. The minimum absolute atomic E-state index is 0. The topological polar surface area (TPSA) is 63.9 Å². The zero-order valence-corrected chi connectivity index (χ0v) is 20.7. The average Bonchev–Trinajstić information content (AvgIpc) is 3.15. The Kier molecular flexibility index (Phi) is 9.64. The molecular weight excluding hydrogens is 505 g/mol. The highest BCUT2D eigenvalue weighted by atomic mass is 127. The smallest absolute Gasteiger partial charge is 0.219 e. The second-order valence-electron chi connectivity index (χ2n) is 6.85. The normalized spacial score (nSPS) is 10.9. The van der Waals surface area contributed by atoms with Crippen molar-refractivity contribution in [2.45, 2.75) is 20.0 Å². The Morgan fingerprint density at radius 2 is 1.90 bits per heavy atom. The van der Waals surface area contributed by atoms with Crippen molar-refractivity contribution in [2.24, 2.45) is 12.0 Å². The molecule has 2 heterocycles. The molecule has 0 unspecified atom stereocenters. The van der Waals surface area contributed by atoms with E-state index in [-0.39, 0.29) is 24.0 Å². The van der Waals surface area contributed by atoms with Gasteiger partial charge in [-0.25, -0.2) is 4.98 Å². The Morgan fingerprint density at radius 3 is 2.52 bits per heavy atom. The molecule has 0 amide bonds. The lowest BCUT2D eigenvalue weighted by atomic mass is 10.3. The molecule has 8 heteroatoms. The van der Waals surface area contributed by atoms with Crippen molar-refractivity contribution in [1.29, 1.82) is 0 Å². The number of pyridine rings is 1. The van der Waals surface area contributed by atoms with Crippen molar-refractivity contribution >= 4 is 29.9 Å².